The van der Waals surface area contributed by atoms with Crippen LogP contribution in [0.4, 0.5) is 10.1 Å². The number of sulfonamides is 1. The van der Waals surface area contributed by atoms with Crippen LogP contribution in [-0.4, -0.2) is 19.5 Å². The number of halogens is 3. The van der Waals surface area contributed by atoms with Crippen LogP contribution in [0.3, 0.4) is 0 Å². The predicted octanol–water partition coefficient (Wildman–Crippen LogP) is 5.30. The largest absolute Gasteiger partial charge is 0.478 e. The monoisotopic (exact) mass is 439 g/mol. The molecule has 9 heteroatoms. The van der Waals surface area contributed by atoms with Crippen LogP contribution in [0.25, 0.3) is 11.1 Å². The van der Waals surface area contributed by atoms with Gasteiger partial charge in [0.25, 0.3) is 10.0 Å². The minimum Gasteiger partial charge on any atom is -0.478 e. The van der Waals surface area contributed by atoms with Gasteiger partial charge in [-0.1, -0.05) is 53.5 Å². The Hall–Kier alpha value is -2.61. The smallest absolute Gasteiger partial charge is 0.337 e. The van der Waals surface area contributed by atoms with E-state index in [-0.39, 0.29) is 26.2 Å². The first-order valence-electron chi connectivity index (χ1n) is 7.78. The summed E-state index contributed by atoms with van der Waals surface area (Å²) in [5.74, 6) is -2.28. The number of hydrogen-bond acceptors (Lipinski definition) is 3. The summed E-state index contributed by atoms with van der Waals surface area (Å²) >= 11 is 11.7. The lowest BCUT2D eigenvalue weighted by Gasteiger charge is -2.14. The average molecular weight is 440 g/mol. The van der Waals surface area contributed by atoms with Crippen molar-refractivity contribution in [2.75, 3.05) is 4.72 Å². The van der Waals surface area contributed by atoms with Crippen molar-refractivity contribution in [1.82, 2.24) is 0 Å². The molecule has 28 heavy (non-hydrogen) atoms. The summed E-state index contributed by atoms with van der Waals surface area (Å²) in [5, 5.41) is 9.55. The first-order valence-corrected chi connectivity index (χ1v) is 10.0. The van der Waals surface area contributed by atoms with Crippen molar-refractivity contribution in [3.8, 4) is 11.1 Å². The summed E-state index contributed by atoms with van der Waals surface area (Å²) < 4.78 is 42.0. The molecular formula is C19H12Cl2FNO4S. The molecule has 0 atom stereocenters. The standard InChI is InChI=1S/C19H12Cl2FNO4S/c20-12-6-13(21)8-14(7-12)28(26,27)23-18-10-15(11-4-2-1-3-5-11)17(22)9-16(18)19(24)25/h1-10,23H,(H,24,25). The Morgan fingerprint density at radius 3 is 2.14 bits per heavy atom. The van der Waals surface area contributed by atoms with Crippen LogP contribution in [0.5, 0.6) is 0 Å². The molecule has 0 unspecified atom stereocenters. The summed E-state index contributed by atoms with van der Waals surface area (Å²) in [7, 11) is -4.23. The number of aromatic carboxylic acids is 1. The normalized spacial score (nSPS) is 11.2. The summed E-state index contributed by atoms with van der Waals surface area (Å²) in [4.78, 5) is 11.3. The van der Waals surface area contributed by atoms with E-state index in [1.165, 1.54) is 6.07 Å². The maximum Gasteiger partial charge on any atom is 0.337 e. The highest BCUT2D eigenvalue weighted by atomic mass is 35.5. The number of carboxylic acids is 1. The maximum absolute atomic E-state index is 14.5. The third kappa shape index (κ3) is 4.27. The topological polar surface area (TPSA) is 83.5 Å². The van der Waals surface area contributed by atoms with Crippen molar-refractivity contribution < 1.29 is 22.7 Å². The van der Waals surface area contributed by atoms with E-state index in [4.69, 9.17) is 23.2 Å². The molecule has 0 aliphatic carbocycles. The molecule has 0 fully saturated rings. The van der Waals surface area contributed by atoms with Crippen LogP contribution in [0.2, 0.25) is 10.0 Å². The Morgan fingerprint density at radius 2 is 1.57 bits per heavy atom. The van der Waals surface area contributed by atoms with Crippen molar-refractivity contribution in [1.29, 1.82) is 0 Å². The van der Waals surface area contributed by atoms with Gasteiger partial charge >= 0.3 is 5.97 Å². The minimum atomic E-state index is -4.23. The second-order valence-corrected chi connectivity index (χ2v) is 8.31. The fraction of sp³-hybridized carbons (Fsp3) is 0. The molecule has 0 saturated carbocycles. The minimum absolute atomic E-state index is 0.0485. The predicted molar refractivity (Wildman–Crippen MR) is 106 cm³/mol. The number of carboxylic acid groups (broad SMARTS) is 1. The molecule has 0 heterocycles. The zero-order valence-electron chi connectivity index (χ0n) is 14.0. The molecule has 0 saturated heterocycles. The Morgan fingerprint density at radius 1 is 0.964 bits per heavy atom. The zero-order chi connectivity index (χ0) is 20.5. The molecule has 0 amide bonds. The summed E-state index contributed by atoms with van der Waals surface area (Å²) in [6.45, 7) is 0. The van der Waals surface area contributed by atoms with Crippen LogP contribution in [-0.2, 0) is 10.0 Å². The van der Waals surface area contributed by atoms with Gasteiger partial charge in [-0.15, -0.1) is 0 Å². The molecular weight excluding hydrogens is 428 g/mol. The molecule has 144 valence electrons. The molecule has 0 aliphatic rings. The Bertz CT molecular complexity index is 1150. The van der Waals surface area contributed by atoms with Crippen molar-refractivity contribution in [2.45, 2.75) is 4.90 Å². The Balaban J connectivity index is 2.13. The van der Waals surface area contributed by atoms with Crippen LogP contribution < -0.4 is 4.72 Å². The molecule has 0 bridgehead atoms. The summed E-state index contributed by atoms with van der Waals surface area (Å²) in [6, 6.07) is 13.9. The average Bonchev–Trinajstić information content (AvgIpc) is 2.62. The van der Waals surface area contributed by atoms with Gasteiger partial charge in [0, 0.05) is 15.6 Å². The molecule has 2 N–H and O–H groups in total. The molecule has 3 aromatic rings. The molecule has 3 aromatic carbocycles. The van der Waals surface area contributed by atoms with E-state index in [1.54, 1.807) is 30.3 Å². The van der Waals surface area contributed by atoms with E-state index in [0.717, 1.165) is 24.3 Å². The maximum atomic E-state index is 14.5. The van der Waals surface area contributed by atoms with Crippen molar-refractivity contribution in [3.63, 3.8) is 0 Å². The highest BCUT2D eigenvalue weighted by Crippen LogP contribution is 2.31. The first kappa shape index (κ1) is 20.1. The van der Waals surface area contributed by atoms with E-state index >= 15 is 0 Å². The fourth-order valence-corrected chi connectivity index (χ4v) is 4.36. The van der Waals surface area contributed by atoms with Crippen LogP contribution in [0.15, 0.2) is 65.6 Å². The van der Waals surface area contributed by atoms with Gasteiger partial charge in [-0.3, -0.25) is 4.72 Å². The van der Waals surface area contributed by atoms with Gasteiger partial charge in [-0.25, -0.2) is 17.6 Å². The Labute approximate surface area is 170 Å². The zero-order valence-corrected chi connectivity index (χ0v) is 16.3. The van der Waals surface area contributed by atoms with Gasteiger partial charge in [-0.05, 0) is 35.9 Å². The molecule has 5 nitrogen and oxygen atoms in total. The second kappa shape index (κ2) is 7.79. The number of carbonyl (C=O) groups is 1. The van der Waals surface area contributed by atoms with E-state index < -0.39 is 27.4 Å². The van der Waals surface area contributed by atoms with Gasteiger partial charge in [0.05, 0.1) is 16.1 Å². The van der Waals surface area contributed by atoms with E-state index in [2.05, 4.69) is 4.72 Å². The quantitative estimate of drug-likeness (QED) is 0.564. The van der Waals surface area contributed by atoms with Crippen molar-refractivity contribution in [2.24, 2.45) is 0 Å². The number of anilines is 1. The van der Waals surface area contributed by atoms with Crippen LogP contribution in [0.1, 0.15) is 10.4 Å². The highest BCUT2D eigenvalue weighted by molar-refractivity contribution is 7.92. The summed E-state index contributed by atoms with van der Waals surface area (Å²) in [6.07, 6.45) is 0. The van der Waals surface area contributed by atoms with Gasteiger partial charge in [0.15, 0.2) is 0 Å². The number of rotatable bonds is 5. The van der Waals surface area contributed by atoms with Gasteiger partial charge in [0.1, 0.15) is 5.82 Å². The summed E-state index contributed by atoms with van der Waals surface area (Å²) in [5.41, 5.74) is -0.312. The van der Waals surface area contributed by atoms with Crippen molar-refractivity contribution in [3.05, 3.63) is 82.1 Å². The highest BCUT2D eigenvalue weighted by Gasteiger charge is 2.22. The second-order valence-electron chi connectivity index (χ2n) is 5.76. The van der Waals surface area contributed by atoms with Gasteiger partial charge < -0.3 is 5.11 Å². The lowest BCUT2D eigenvalue weighted by molar-refractivity contribution is 0.0697. The third-order valence-electron chi connectivity index (χ3n) is 3.81. The van der Waals surface area contributed by atoms with E-state index in [0.29, 0.717) is 5.56 Å². The number of hydrogen-bond donors (Lipinski definition) is 2. The van der Waals surface area contributed by atoms with Crippen LogP contribution in [0, 0.1) is 5.82 Å². The SMILES string of the molecule is O=C(O)c1cc(F)c(-c2ccccc2)cc1NS(=O)(=O)c1cc(Cl)cc(Cl)c1. The fourth-order valence-electron chi connectivity index (χ4n) is 2.56. The molecule has 0 aliphatic heterocycles. The van der Waals surface area contributed by atoms with Gasteiger partial charge in [-0.2, -0.15) is 0 Å². The number of nitrogens with one attached hydrogen (secondary N) is 1. The van der Waals surface area contributed by atoms with Crippen LogP contribution >= 0.6 is 23.2 Å². The lowest BCUT2D eigenvalue weighted by Crippen LogP contribution is -2.16. The molecule has 0 spiro atoms. The number of benzene rings is 3. The van der Waals surface area contributed by atoms with E-state index in [1.807, 2.05) is 0 Å². The molecule has 0 radical (unpaired) electrons. The first-order chi connectivity index (χ1) is 13.2. The molecule has 3 rings (SSSR count). The van der Waals surface area contributed by atoms with Gasteiger partial charge in [0.2, 0.25) is 0 Å². The van der Waals surface area contributed by atoms with Crippen molar-refractivity contribution >= 4 is 44.9 Å². The van der Waals surface area contributed by atoms with E-state index in [9.17, 15) is 22.7 Å². The lowest BCUT2D eigenvalue weighted by atomic mass is 10.0. The third-order valence-corrected chi connectivity index (χ3v) is 5.59. The molecule has 0 aromatic heterocycles. The Kier molecular flexibility index (Phi) is 5.60.